The van der Waals surface area contributed by atoms with E-state index in [-0.39, 0.29) is 0 Å². The van der Waals surface area contributed by atoms with Crippen LogP contribution in [0.3, 0.4) is 0 Å². The van der Waals surface area contributed by atoms with Gasteiger partial charge in [-0.2, -0.15) is 0 Å². The average Bonchev–Trinajstić information content (AvgIpc) is 2.75. The molecule has 0 spiro atoms. The summed E-state index contributed by atoms with van der Waals surface area (Å²) < 4.78 is 0. The molecule has 1 aromatic rings. The Morgan fingerprint density at radius 3 is 2.63 bits per heavy atom. The molecule has 0 aliphatic rings. The maximum atomic E-state index is 4.42. The van der Waals surface area contributed by atoms with Gasteiger partial charge in [0.25, 0.3) is 0 Å². The highest BCUT2D eigenvalue weighted by Gasteiger charge is 2.19. The molecular weight excluding hydrogens is 252 g/mol. The highest BCUT2D eigenvalue weighted by atomic mass is 32.1. The third kappa shape index (κ3) is 7.68. The summed E-state index contributed by atoms with van der Waals surface area (Å²) in [6.07, 6.45) is 6.72. The maximum Gasteiger partial charge on any atom is 0.0940 e. The molecule has 1 heterocycles. The van der Waals surface area contributed by atoms with Crippen LogP contribution in [0.25, 0.3) is 0 Å². The van der Waals surface area contributed by atoms with Gasteiger partial charge < -0.3 is 5.32 Å². The summed E-state index contributed by atoms with van der Waals surface area (Å²) in [6.45, 7) is 12.7. The van der Waals surface area contributed by atoms with Gasteiger partial charge in [0.2, 0.25) is 0 Å². The molecule has 1 N–H and O–H groups in total. The lowest BCUT2D eigenvalue weighted by Crippen LogP contribution is -2.34. The second-order valence-corrected chi connectivity index (χ2v) is 7.87. The summed E-state index contributed by atoms with van der Waals surface area (Å²) in [7, 11) is 0. The van der Waals surface area contributed by atoms with E-state index >= 15 is 0 Å². The minimum atomic E-state index is 0.426. The summed E-state index contributed by atoms with van der Waals surface area (Å²) in [5.41, 5.74) is 0.426. The third-order valence-corrected chi connectivity index (χ3v) is 4.04. The van der Waals surface area contributed by atoms with Crippen LogP contribution >= 0.6 is 11.3 Å². The van der Waals surface area contributed by atoms with Gasteiger partial charge in [0.1, 0.15) is 0 Å². The molecule has 0 aliphatic carbocycles. The molecule has 110 valence electrons. The predicted molar refractivity (Wildman–Crippen MR) is 85.8 cm³/mol. The lowest BCUT2D eigenvalue weighted by Gasteiger charge is -2.27. The van der Waals surface area contributed by atoms with Crippen molar-refractivity contribution in [3.8, 4) is 0 Å². The zero-order chi connectivity index (χ0) is 14.3. The van der Waals surface area contributed by atoms with E-state index in [1.165, 1.54) is 24.3 Å². The Hall–Kier alpha value is -0.410. The standard InChI is InChI=1S/C16H30N2S/c1-6-7-17-14(11-15-18-8-9-19-15)10-13(2)12-16(3,4)5/h8-9,13-14,17H,6-7,10-12H2,1-5H3. The van der Waals surface area contributed by atoms with Crippen molar-refractivity contribution in [3.63, 3.8) is 0 Å². The van der Waals surface area contributed by atoms with E-state index in [0.717, 1.165) is 18.9 Å². The fraction of sp³-hybridized carbons (Fsp3) is 0.812. The Labute approximate surface area is 123 Å². The van der Waals surface area contributed by atoms with Crippen LogP contribution in [0.5, 0.6) is 0 Å². The molecule has 0 bridgehead atoms. The molecule has 0 radical (unpaired) electrons. The molecule has 0 saturated carbocycles. The van der Waals surface area contributed by atoms with E-state index < -0.39 is 0 Å². The Bertz CT molecular complexity index is 327. The second kappa shape index (κ2) is 8.01. The molecule has 0 saturated heterocycles. The maximum absolute atomic E-state index is 4.42. The van der Waals surface area contributed by atoms with Crippen molar-refractivity contribution in [2.24, 2.45) is 11.3 Å². The van der Waals surface area contributed by atoms with E-state index in [1.54, 1.807) is 11.3 Å². The van der Waals surface area contributed by atoms with Crippen molar-refractivity contribution in [1.82, 2.24) is 10.3 Å². The summed E-state index contributed by atoms with van der Waals surface area (Å²) >= 11 is 1.77. The first kappa shape index (κ1) is 16.6. The lowest BCUT2D eigenvalue weighted by molar-refractivity contribution is 0.274. The Morgan fingerprint density at radius 2 is 2.11 bits per heavy atom. The van der Waals surface area contributed by atoms with Crippen LogP contribution in [-0.2, 0) is 6.42 Å². The minimum absolute atomic E-state index is 0.426. The summed E-state index contributed by atoms with van der Waals surface area (Å²) in [5.74, 6) is 0.759. The smallest absolute Gasteiger partial charge is 0.0940 e. The number of aromatic nitrogens is 1. The van der Waals surface area contributed by atoms with Crippen LogP contribution in [0.15, 0.2) is 11.6 Å². The van der Waals surface area contributed by atoms with Crippen LogP contribution in [0.4, 0.5) is 0 Å². The molecule has 2 unspecified atom stereocenters. The van der Waals surface area contributed by atoms with Gasteiger partial charge in [-0.3, -0.25) is 0 Å². The van der Waals surface area contributed by atoms with Gasteiger partial charge in [-0.15, -0.1) is 11.3 Å². The Kier molecular flexibility index (Phi) is 7.01. The highest BCUT2D eigenvalue weighted by Crippen LogP contribution is 2.27. The third-order valence-electron chi connectivity index (χ3n) is 3.24. The summed E-state index contributed by atoms with van der Waals surface area (Å²) in [4.78, 5) is 4.42. The molecule has 0 fully saturated rings. The number of thiazole rings is 1. The molecule has 0 amide bonds. The summed E-state index contributed by atoms with van der Waals surface area (Å²) in [6, 6.07) is 0.573. The number of nitrogens with zero attached hydrogens (tertiary/aromatic N) is 1. The molecule has 0 aliphatic heterocycles. The average molecular weight is 282 g/mol. The molecule has 2 atom stereocenters. The van der Waals surface area contributed by atoms with Crippen LogP contribution < -0.4 is 5.32 Å². The first-order chi connectivity index (χ1) is 8.90. The van der Waals surface area contributed by atoms with Gasteiger partial charge in [0.15, 0.2) is 0 Å². The van der Waals surface area contributed by atoms with Gasteiger partial charge in [-0.1, -0.05) is 34.6 Å². The Balaban J connectivity index is 2.48. The van der Waals surface area contributed by atoms with Crippen molar-refractivity contribution in [2.45, 2.75) is 66.3 Å². The van der Waals surface area contributed by atoms with Gasteiger partial charge in [-0.25, -0.2) is 4.98 Å². The monoisotopic (exact) mass is 282 g/mol. The molecule has 1 aromatic heterocycles. The number of hydrogen-bond donors (Lipinski definition) is 1. The fourth-order valence-corrected chi connectivity index (χ4v) is 3.46. The van der Waals surface area contributed by atoms with Crippen molar-refractivity contribution >= 4 is 11.3 Å². The molecule has 1 rings (SSSR count). The lowest BCUT2D eigenvalue weighted by atomic mass is 9.82. The van der Waals surface area contributed by atoms with Crippen LogP contribution in [0, 0.1) is 11.3 Å². The van der Waals surface area contributed by atoms with Crippen molar-refractivity contribution < 1.29 is 0 Å². The number of nitrogens with one attached hydrogen (secondary N) is 1. The van der Waals surface area contributed by atoms with E-state index in [4.69, 9.17) is 0 Å². The Morgan fingerprint density at radius 1 is 1.37 bits per heavy atom. The minimum Gasteiger partial charge on any atom is -0.314 e. The van der Waals surface area contributed by atoms with E-state index in [1.807, 2.05) is 6.20 Å². The van der Waals surface area contributed by atoms with Gasteiger partial charge in [-0.05, 0) is 37.1 Å². The van der Waals surface area contributed by atoms with Crippen molar-refractivity contribution in [1.29, 1.82) is 0 Å². The van der Waals surface area contributed by atoms with E-state index in [2.05, 4.69) is 50.3 Å². The molecule has 0 aromatic carbocycles. The van der Waals surface area contributed by atoms with Gasteiger partial charge in [0.05, 0.1) is 5.01 Å². The molecule has 3 heteroatoms. The van der Waals surface area contributed by atoms with Crippen molar-refractivity contribution in [2.75, 3.05) is 6.54 Å². The molecule has 2 nitrogen and oxygen atoms in total. The second-order valence-electron chi connectivity index (χ2n) is 6.89. The van der Waals surface area contributed by atoms with Crippen molar-refractivity contribution in [3.05, 3.63) is 16.6 Å². The number of hydrogen-bond acceptors (Lipinski definition) is 3. The zero-order valence-electron chi connectivity index (χ0n) is 13.2. The van der Waals surface area contributed by atoms with Crippen LogP contribution in [0.2, 0.25) is 0 Å². The van der Waals surface area contributed by atoms with Gasteiger partial charge >= 0.3 is 0 Å². The molecular formula is C16H30N2S. The first-order valence-electron chi connectivity index (χ1n) is 7.52. The molecule has 19 heavy (non-hydrogen) atoms. The van der Waals surface area contributed by atoms with E-state index in [9.17, 15) is 0 Å². The van der Waals surface area contributed by atoms with E-state index in [0.29, 0.717) is 11.5 Å². The fourth-order valence-electron chi connectivity index (χ4n) is 2.77. The largest absolute Gasteiger partial charge is 0.314 e. The SMILES string of the molecule is CCCNC(Cc1nccs1)CC(C)CC(C)(C)C. The summed E-state index contributed by atoms with van der Waals surface area (Å²) in [5, 5.41) is 7.03. The highest BCUT2D eigenvalue weighted by molar-refractivity contribution is 7.09. The first-order valence-corrected chi connectivity index (χ1v) is 8.40. The van der Waals surface area contributed by atoms with Crippen LogP contribution in [-0.4, -0.2) is 17.6 Å². The van der Waals surface area contributed by atoms with Crippen LogP contribution in [0.1, 0.15) is 58.9 Å². The topological polar surface area (TPSA) is 24.9 Å². The predicted octanol–water partition coefficient (Wildman–Crippen LogP) is 4.52. The quantitative estimate of drug-likeness (QED) is 0.758. The zero-order valence-corrected chi connectivity index (χ0v) is 14.0. The normalized spacial score (nSPS) is 15.4. The van der Waals surface area contributed by atoms with Gasteiger partial charge in [0, 0.05) is 24.0 Å². The number of rotatable bonds is 8.